The Morgan fingerprint density at radius 2 is 2.19 bits per heavy atom. The van der Waals surface area contributed by atoms with Crippen LogP contribution in [0.15, 0.2) is 18.3 Å². The number of hydrogen-bond acceptors (Lipinski definition) is 4. The SMILES string of the molecule is COC1CCN(c2ccc(CN)cn2)CC1. The van der Waals surface area contributed by atoms with Crippen LogP contribution in [-0.4, -0.2) is 31.3 Å². The summed E-state index contributed by atoms with van der Waals surface area (Å²) < 4.78 is 5.35. The highest BCUT2D eigenvalue weighted by atomic mass is 16.5. The lowest BCUT2D eigenvalue weighted by atomic mass is 10.1. The van der Waals surface area contributed by atoms with Crippen LogP contribution in [0.25, 0.3) is 0 Å². The molecule has 0 saturated carbocycles. The molecule has 0 amide bonds. The number of nitrogens with zero attached hydrogens (tertiary/aromatic N) is 2. The molecular formula is C12H19N3O. The summed E-state index contributed by atoms with van der Waals surface area (Å²) in [5, 5.41) is 0. The summed E-state index contributed by atoms with van der Waals surface area (Å²) in [6.07, 6.45) is 4.44. The molecule has 1 aliphatic heterocycles. The Bertz CT molecular complexity index is 318. The van der Waals surface area contributed by atoms with Gasteiger partial charge in [0.05, 0.1) is 6.10 Å². The van der Waals surface area contributed by atoms with Crippen molar-refractivity contribution in [2.45, 2.75) is 25.5 Å². The summed E-state index contributed by atoms with van der Waals surface area (Å²) >= 11 is 0. The molecule has 16 heavy (non-hydrogen) atoms. The monoisotopic (exact) mass is 221 g/mol. The number of ether oxygens (including phenoxy) is 1. The third-order valence-electron chi connectivity index (χ3n) is 3.14. The van der Waals surface area contributed by atoms with Crippen LogP contribution in [-0.2, 0) is 11.3 Å². The van der Waals surface area contributed by atoms with E-state index >= 15 is 0 Å². The molecule has 4 nitrogen and oxygen atoms in total. The van der Waals surface area contributed by atoms with Gasteiger partial charge in [-0.25, -0.2) is 4.98 Å². The molecule has 2 heterocycles. The predicted octanol–water partition coefficient (Wildman–Crippen LogP) is 1.16. The lowest BCUT2D eigenvalue weighted by Gasteiger charge is -2.32. The molecule has 1 aromatic heterocycles. The smallest absolute Gasteiger partial charge is 0.128 e. The molecule has 1 aliphatic rings. The number of pyridine rings is 1. The van der Waals surface area contributed by atoms with Gasteiger partial charge in [0, 0.05) is 32.9 Å². The number of hydrogen-bond donors (Lipinski definition) is 1. The van der Waals surface area contributed by atoms with Gasteiger partial charge in [0.15, 0.2) is 0 Å². The largest absolute Gasteiger partial charge is 0.381 e. The van der Waals surface area contributed by atoms with Crippen molar-refractivity contribution in [1.29, 1.82) is 0 Å². The van der Waals surface area contributed by atoms with E-state index in [0.717, 1.165) is 37.3 Å². The highest BCUT2D eigenvalue weighted by molar-refractivity contribution is 5.39. The van der Waals surface area contributed by atoms with Gasteiger partial charge in [-0.2, -0.15) is 0 Å². The van der Waals surface area contributed by atoms with Gasteiger partial charge in [-0.3, -0.25) is 0 Å². The van der Waals surface area contributed by atoms with Gasteiger partial charge in [0.2, 0.25) is 0 Å². The second-order valence-electron chi connectivity index (χ2n) is 4.15. The lowest BCUT2D eigenvalue weighted by Crippen LogP contribution is -2.37. The van der Waals surface area contributed by atoms with E-state index in [9.17, 15) is 0 Å². The van der Waals surface area contributed by atoms with Crippen LogP contribution >= 0.6 is 0 Å². The number of anilines is 1. The Morgan fingerprint density at radius 1 is 1.44 bits per heavy atom. The fourth-order valence-electron chi connectivity index (χ4n) is 2.05. The third-order valence-corrected chi connectivity index (χ3v) is 3.14. The Kier molecular flexibility index (Phi) is 3.74. The normalized spacial score (nSPS) is 17.8. The van der Waals surface area contributed by atoms with Crippen LogP contribution < -0.4 is 10.6 Å². The minimum atomic E-state index is 0.416. The van der Waals surface area contributed by atoms with Crippen molar-refractivity contribution in [2.24, 2.45) is 5.73 Å². The molecule has 1 saturated heterocycles. The molecule has 2 N–H and O–H groups in total. The molecule has 88 valence electrons. The first-order valence-electron chi connectivity index (χ1n) is 5.76. The van der Waals surface area contributed by atoms with Gasteiger partial charge in [-0.1, -0.05) is 6.07 Å². The van der Waals surface area contributed by atoms with Crippen LogP contribution in [0.1, 0.15) is 18.4 Å². The number of piperidine rings is 1. The predicted molar refractivity (Wildman–Crippen MR) is 64.4 cm³/mol. The fourth-order valence-corrected chi connectivity index (χ4v) is 2.05. The van der Waals surface area contributed by atoms with E-state index < -0.39 is 0 Å². The van der Waals surface area contributed by atoms with Gasteiger partial charge in [-0.05, 0) is 24.5 Å². The first-order chi connectivity index (χ1) is 7.83. The molecular weight excluding hydrogens is 202 g/mol. The van der Waals surface area contributed by atoms with Crippen LogP contribution in [0, 0.1) is 0 Å². The number of methoxy groups -OCH3 is 1. The molecule has 0 unspecified atom stereocenters. The van der Waals surface area contributed by atoms with E-state index in [1.807, 2.05) is 12.3 Å². The summed E-state index contributed by atoms with van der Waals surface area (Å²) in [6, 6.07) is 4.10. The van der Waals surface area contributed by atoms with Crippen molar-refractivity contribution in [1.82, 2.24) is 4.98 Å². The zero-order valence-corrected chi connectivity index (χ0v) is 9.72. The summed E-state index contributed by atoms with van der Waals surface area (Å²) in [6.45, 7) is 2.60. The minimum Gasteiger partial charge on any atom is -0.381 e. The Morgan fingerprint density at radius 3 is 2.69 bits per heavy atom. The molecule has 0 aromatic carbocycles. The van der Waals surface area contributed by atoms with E-state index in [-0.39, 0.29) is 0 Å². The van der Waals surface area contributed by atoms with E-state index in [1.165, 1.54) is 0 Å². The van der Waals surface area contributed by atoms with Crippen molar-refractivity contribution in [3.05, 3.63) is 23.9 Å². The van der Waals surface area contributed by atoms with Gasteiger partial charge in [0.1, 0.15) is 5.82 Å². The molecule has 4 heteroatoms. The average Bonchev–Trinajstić information content (AvgIpc) is 2.39. The van der Waals surface area contributed by atoms with Crippen molar-refractivity contribution < 1.29 is 4.74 Å². The van der Waals surface area contributed by atoms with Crippen molar-refractivity contribution >= 4 is 5.82 Å². The first-order valence-corrected chi connectivity index (χ1v) is 5.76. The summed E-state index contributed by atoms with van der Waals surface area (Å²) in [5.41, 5.74) is 6.62. The van der Waals surface area contributed by atoms with Gasteiger partial charge < -0.3 is 15.4 Å². The van der Waals surface area contributed by atoms with Gasteiger partial charge in [-0.15, -0.1) is 0 Å². The fraction of sp³-hybridized carbons (Fsp3) is 0.583. The quantitative estimate of drug-likeness (QED) is 0.832. The highest BCUT2D eigenvalue weighted by Gasteiger charge is 2.19. The van der Waals surface area contributed by atoms with Crippen LogP contribution in [0.5, 0.6) is 0 Å². The van der Waals surface area contributed by atoms with Crippen LogP contribution in [0.2, 0.25) is 0 Å². The third kappa shape index (κ3) is 2.51. The minimum absolute atomic E-state index is 0.416. The number of aromatic nitrogens is 1. The van der Waals surface area contributed by atoms with E-state index in [1.54, 1.807) is 7.11 Å². The summed E-state index contributed by atoms with van der Waals surface area (Å²) in [5.74, 6) is 1.05. The number of nitrogens with two attached hydrogens (primary N) is 1. The van der Waals surface area contributed by atoms with Gasteiger partial charge >= 0.3 is 0 Å². The molecule has 0 radical (unpaired) electrons. The summed E-state index contributed by atoms with van der Waals surface area (Å²) in [4.78, 5) is 6.73. The van der Waals surface area contributed by atoms with E-state index in [4.69, 9.17) is 10.5 Å². The molecule has 0 spiro atoms. The molecule has 1 fully saturated rings. The molecule has 2 rings (SSSR count). The molecule has 0 bridgehead atoms. The Labute approximate surface area is 96.4 Å². The molecule has 1 aromatic rings. The van der Waals surface area contributed by atoms with Crippen molar-refractivity contribution in [3.63, 3.8) is 0 Å². The van der Waals surface area contributed by atoms with Crippen LogP contribution in [0.4, 0.5) is 5.82 Å². The zero-order chi connectivity index (χ0) is 11.4. The standard InChI is InChI=1S/C12H19N3O/c1-16-11-4-6-15(7-5-11)12-3-2-10(8-13)9-14-12/h2-3,9,11H,4-8,13H2,1H3. The summed E-state index contributed by atoms with van der Waals surface area (Å²) in [7, 11) is 1.79. The Hall–Kier alpha value is -1.13. The van der Waals surface area contributed by atoms with E-state index in [2.05, 4.69) is 16.0 Å². The first kappa shape index (κ1) is 11.4. The van der Waals surface area contributed by atoms with E-state index in [0.29, 0.717) is 12.6 Å². The highest BCUT2D eigenvalue weighted by Crippen LogP contribution is 2.19. The van der Waals surface area contributed by atoms with Crippen molar-refractivity contribution in [3.8, 4) is 0 Å². The maximum atomic E-state index is 5.54. The van der Waals surface area contributed by atoms with Gasteiger partial charge in [0.25, 0.3) is 0 Å². The molecule has 0 aliphatic carbocycles. The lowest BCUT2D eigenvalue weighted by molar-refractivity contribution is 0.0818. The number of rotatable bonds is 3. The van der Waals surface area contributed by atoms with Crippen LogP contribution in [0.3, 0.4) is 0 Å². The second-order valence-corrected chi connectivity index (χ2v) is 4.15. The Balaban J connectivity index is 1.97. The van der Waals surface area contributed by atoms with Crippen molar-refractivity contribution in [2.75, 3.05) is 25.1 Å². The zero-order valence-electron chi connectivity index (χ0n) is 9.72. The maximum absolute atomic E-state index is 5.54. The maximum Gasteiger partial charge on any atom is 0.128 e. The topological polar surface area (TPSA) is 51.4 Å². The average molecular weight is 221 g/mol. The molecule has 0 atom stereocenters. The second kappa shape index (κ2) is 5.27.